The number of amides is 2. The second-order valence-corrected chi connectivity index (χ2v) is 6.85. The molecule has 1 N–H and O–H groups in total. The molecule has 1 atom stereocenters. The molecule has 1 fully saturated rings. The molecular weight excluding hydrogens is 336 g/mol. The zero-order valence-electron chi connectivity index (χ0n) is 14.6. The third-order valence-electron chi connectivity index (χ3n) is 4.48. The van der Waals surface area contributed by atoms with E-state index in [4.69, 9.17) is 4.74 Å². The van der Waals surface area contributed by atoms with E-state index in [2.05, 4.69) is 22.1 Å². The Morgan fingerprint density at radius 3 is 2.56 bits per heavy atom. The maximum absolute atomic E-state index is 12.6. The maximum atomic E-state index is 12.6. The lowest BCUT2D eigenvalue weighted by atomic mass is 10.0. The van der Waals surface area contributed by atoms with Crippen molar-refractivity contribution in [1.82, 2.24) is 15.2 Å². The summed E-state index contributed by atoms with van der Waals surface area (Å²) in [5.74, 6) is 0.822. The highest BCUT2D eigenvalue weighted by Crippen LogP contribution is 2.22. The minimum atomic E-state index is 0.00135. The molecule has 6 nitrogen and oxygen atoms in total. The standard InChI is InChI=1S/C18H24N4O2S/c1-3-16(14-4-6-15(24-2)7-5-14)20-17(23)21-9-11-22(12-10-21)18-19-8-13-25-18/h4-8,13,16H,3,9-12H2,1-2H3,(H,20,23). The molecule has 0 bridgehead atoms. The van der Waals surface area contributed by atoms with Crippen LogP contribution in [0.4, 0.5) is 9.93 Å². The zero-order valence-corrected chi connectivity index (χ0v) is 15.5. The first-order valence-electron chi connectivity index (χ1n) is 8.55. The van der Waals surface area contributed by atoms with Gasteiger partial charge in [-0.2, -0.15) is 0 Å². The first-order valence-corrected chi connectivity index (χ1v) is 9.43. The van der Waals surface area contributed by atoms with Gasteiger partial charge < -0.3 is 19.9 Å². The van der Waals surface area contributed by atoms with Gasteiger partial charge in [0.25, 0.3) is 0 Å². The van der Waals surface area contributed by atoms with E-state index in [-0.39, 0.29) is 12.1 Å². The fraction of sp³-hybridized carbons (Fsp3) is 0.444. The summed E-state index contributed by atoms with van der Waals surface area (Å²) in [5.41, 5.74) is 1.10. The van der Waals surface area contributed by atoms with Crippen LogP contribution in [0, 0.1) is 0 Å². The Kier molecular flexibility index (Phi) is 5.75. The number of nitrogens with one attached hydrogen (secondary N) is 1. The lowest BCUT2D eigenvalue weighted by molar-refractivity contribution is 0.190. The number of benzene rings is 1. The van der Waals surface area contributed by atoms with Crippen molar-refractivity contribution in [3.05, 3.63) is 41.4 Å². The van der Waals surface area contributed by atoms with Crippen LogP contribution < -0.4 is 15.0 Å². The van der Waals surface area contributed by atoms with Gasteiger partial charge in [0, 0.05) is 37.8 Å². The quantitative estimate of drug-likeness (QED) is 0.890. The number of methoxy groups -OCH3 is 1. The highest BCUT2D eigenvalue weighted by molar-refractivity contribution is 7.13. The van der Waals surface area contributed by atoms with Crippen molar-refractivity contribution in [2.24, 2.45) is 0 Å². The van der Waals surface area contributed by atoms with Crippen LogP contribution in [0.25, 0.3) is 0 Å². The molecule has 1 saturated heterocycles. The van der Waals surface area contributed by atoms with E-state index in [0.29, 0.717) is 13.1 Å². The van der Waals surface area contributed by atoms with Crippen LogP contribution in [-0.2, 0) is 0 Å². The molecular formula is C18H24N4O2S. The Morgan fingerprint density at radius 1 is 1.28 bits per heavy atom. The first-order chi connectivity index (χ1) is 12.2. The Morgan fingerprint density at radius 2 is 2.00 bits per heavy atom. The molecule has 0 aliphatic carbocycles. The molecule has 1 unspecified atom stereocenters. The second kappa shape index (κ2) is 8.20. The number of hydrogen-bond donors (Lipinski definition) is 1. The van der Waals surface area contributed by atoms with E-state index in [1.807, 2.05) is 40.7 Å². The van der Waals surface area contributed by atoms with Crippen LogP contribution in [0.5, 0.6) is 5.75 Å². The number of aromatic nitrogens is 1. The summed E-state index contributed by atoms with van der Waals surface area (Å²) in [4.78, 5) is 21.1. The Hall–Kier alpha value is -2.28. The Balaban J connectivity index is 1.55. The number of nitrogens with zero attached hydrogens (tertiary/aromatic N) is 3. The summed E-state index contributed by atoms with van der Waals surface area (Å²) in [6, 6.07) is 7.88. The predicted molar refractivity (Wildman–Crippen MR) is 100 cm³/mol. The Bertz CT molecular complexity index is 667. The summed E-state index contributed by atoms with van der Waals surface area (Å²) in [7, 11) is 1.65. The number of ether oxygens (including phenoxy) is 1. The van der Waals surface area contributed by atoms with E-state index in [9.17, 15) is 4.79 Å². The van der Waals surface area contributed by atoms with Crippen LogP contribution >= 0.6 is 11.3 Å². The van der Waals surface area contributed by atoms with Gasteiger partial charge in [-0.25, -0.2) is 9.78 Å². The molecule has 1 aromatic heterocycles. The van der Waals surface area contributed by atoms with E-state index in [0.717, 1.165) is 36.0 Å². The number of hydrogen-bond acceptors (Lipinski definition) is 5. The summed E-state index contributed by atoms with van der Waals surface area (Å²) < 4.78 is 5.20. The third kappa shape index (κ3) is 4.22. The fourth-order valence-electron chi connectivity index (χ4n) is 2.97. The largest absolute Gasteiger partial charge is 0.497 e. The first kappa shape index (κ1) is 17.5. The normalized spacial score (nSPS) is 15.8. The molecule has 25 heavy (non-hydrogen) atoms. The Labute approximate surface area is 152 Å². The highest BCUT2D eigenvalue weighted by atomic mass is 32.1. The van der Waals surface area contributed by atoms with Crippen LogP contribution in [0.1, 0.15) is 24.9 Å². The van der Waals surface area contributed by atoms with Crippen molar-refractivity contribution in [2.45, 2.75) is 19.4 Å². The van der Waals surface area contributed by atoms with E-state index < -0.39 is 0 Å². The van der Waals surface area contributed by atoms with Crippen LogP contribution in [0.3, 0.4) is 0 Å². The molecule has 2 aromatic rings. The fourth-order valence-corrected chi connectivity index (χ4v) is 3.67. The molecule has 134 valence electrons. The third-order valence-corrected chi connectivity index (χ3v) is 5.31. The molecule has 1 aliphatic heterocycles. The van der Waals surface area contributed by atoms with Gasteiger partial charge in [-0.15, -0.1) is 11.3 Å². The molecule has 1 aromatic carbocycles. The number of thiazole rings is 1. The monoisotopic (exact) mass is 360 g/mol. The van der Waals surface area contributed by atoms with Gasteiger partial charge in [0.1, 0.15) is 5.75 Å². The van der Waals surface area contributed by atoms with Crippen molar-refractivity contribution in [1.29, 1.82) is 0 Å². The SMILES string of the molecule is CCC(NC(=O)N1CCN(c2nccs2)CC1)c1ccc(OC)cc1. The van der Waals surface area contributed by atoms with Crippen LogP contribution in [-0.4, -0.2) is 49.2 Å². The van der Waals surface area contributed by atoms with E-state index in [1.165, 1.54) is 0 Å². The summed E-state index contributed by atoms with van der Waals surface area (Å²) in [6.07, 6.45) is 2.66. The molecule has 1 aliphatic rings. The van der Waals surface area contributed by atoms with Crippen molar-refractivity contribution >= 4 is 22.5 Å². The minimum absolute atomic E-state index is 0.00135. The smallest absolute Gasteiger partial charge is 0.318 e. The number of carbonyl (C=O) groups excluding carboxylic acids is 1. The number of urea groups is 1. The lowest BCUT2D eigenvalue weighted by Crippen LogP contribution is -2.52. The van der Waals surface area contributed by atoms with Crippen molar-refractivity contribution in [3.8, 4) is 5.75 Å². The molecule has 0 radical (unpaired) electrons. The van der Waals surface area contributed by atoms with Gasteiger partial charge in [-0.1, -0.05) is 19.1 Å². The lowest BCUT2D eigenvalue weighted by Gasteiger charge is -2.35. The molecule has 2 heterocycles. The van der Waals surface area contributed by atoms with Gasteiger partial charge in [0.15, 0.2) is 5.13 Å². The van der Waals surface area contributed by atoms with Crippen LogP contribution in [0.15, 0.2) is 35.8 Å². The average molecular weight is 360 g/mol. The predicted octanol–water partition coefficient (Wildman–Crippen LogP) is 3.13. The zero-order chi connectivity index (χ0) is 17.6. The molecule has 0 saturated carbocycles. The van der Waals surface area contributed by atoms with Gasteiger partial charge >= 0.3 is 6.03 Å². The number of anilines is 1. The number of carbonyl (C=O) groups is 1. The van der Waals surface area contributed by atoms with E-state index in [1.54, 1.807) is 18.4 Å². The summed E-state index contributed by atoms with van der Waals surface area (Å²) >= 11 is 1.64. The number of rotatable bonds is 5. The number of piperazine rings is 1. The molecule has 3 rings (SSSR count). The second-order valence-electron chi connectivity index (χ2n) is 5.97. The van der Waals surface area contributed by atoms with Crippen molar-refractivity contribution in [3.63, 3.8) is 0 Å². The van der Waals surface area contributed by atoms with Crippen LogP contribution in [0.2, 0.25) is 0 Å². The highest BCUT2D eigenvalue weighted by Gasteiger charge is 2.24. The van der Waals surface area contributed by atoms with Gasteiger partial charge in [0.2, 0.25) is 0 Å². The summed E-state index contributed by atoms with van der Waals surface area (Å²) in [5, 5.41) is 6.17. The summed E-state index contributed by atoms with van der Waals surface area (Å²) in [6.45, 7) is 5.14. The minimum Gasteiger partial charge on any atom is -0.497 e. The topological polar surface area (TPSA) is 57.7 Å². The van der Waals surface area contributed by atoms with Crippen molar-refractivity contribution < 1.29 is 9.53 Å². The van der Waals surface area contributed by atoms with Gasteiger partial charge in [0.05, 0.1) is 13.2 Å². The van der Waals surface area contributed by atoms with E-state index >= 15 is 0 Å². The van der Waals surface area contributed by atoms with Gasteiger partial charge in [-0.3, -0.25) is 0 Å². The molecule has 0 spiro atoms. The molecule has 2 amide bonds. The molecule has 7 heteroatoms. The van der Waals surface area contributed by atoms with Gasteiger partial charge in [-0.05, 0) is 24.1 Å². The average Bonchev–Trinajstić information content (AvgIpc) is 3.21. The maximum Gasteiger partial charge on any atom is 0.318 e. The van der Waals surface area contributed by atoms with Crippen molar-refractivity contribution in [2.75, 3.05) is 38.2 Å².